The van der Waals surface area contributed by atoms with Gasteiger partial charge in [-0.1, -0.05) is 0 Å². The largest absolute Gasteiger partial charge is 0.481 e. The van der Waals surface area contributed by atoms with Crippen molar-refractivity contribution in [2.45, 2.75) is 6.18 Å². The number of likely N-dealkylation sites (tertiary alicyclic amines) is 1. The molecule has 142 valence electrons. The number of alkyl halides is 3. The Morgan fingerprint density at radius 3 is 2.33 bits per heavy atom. The molecule has 1 saturated heterocycles. The molecule has 9 heteroatoms. The second-order valence-corrected chi connectivity index (χ2v) is 6.12. The molecule has 2 aromatic rings. The molecule has 1 aromatic heterocycles. The first-order valence-electron chi connectivity index (χ1n) is 8.02. The average Bonchev–Trinajstić information content (AvgIpc) is 3.09. The number of hydrogen-bond acceptors (Lipinski definition) is 4. The molecule has 1 fully saturated rings. The van der Waals surface area contributed by atoms with Crippen LogP contribution in [0.25, 0.3) is 0 Å². The van der Waals surface area contributed by atoms with Gasteiger partial charge in [-0.3, -0.25) is 14.6 Å². The second kappa shape index (κ2) is 7.26. The Bertz CT molecular complexity index is 825. The monoisotopic (exact) mass is 380 g/mol. The van der Waals surface area contributed by atoms with Crippen molar-refractivity contribution < 1.29 is 32.6 Å². The molecule has 1 N–H and O–H groups in total. The number of nitrogens with zero attached hydrogens (tertiary/aromatic N) is 2. The van der Waals surface area contributed by atoms with Gasteiger partial charge in [0, 0.05) is 24.8 Å². The average molecular weight is 380 g/mol. The molecule has 27 heavy (non-hydrogen) atoms. The zero-order chi connectivity index (χ0) is 19.6. The van der Waals surface area contributed by atoms with E-state index < -0.39 is 43.0 Å². The number of carbonyl (C=O) groups excluding carboxylic acids is 1. The third kappa shape index (κ3) is 4.18. The first-order chi connectivity index (χ1) is 12.8. The minimum Gasteiger partial charge on any atom is -0.481 e. The molecule has 6 nitrogen and oxygen atoms in total. The number of ether oxygens (including phenoxy) is 1. The Hall–Kier alpha value is -3.10. The smallest absolute Gasteiger partial charge is 0.394 e. The number of aromatic nitrogens is 1. The molecule has 0 spiro atoms. The molecular formula is C18H15F3N2O4. The lowest BCUT2D eigenvalue weighted by atomic mass is 9.96. The van der Waals surface area contributed by atoms with E-state index in [9.17, 15) is 22.8 Å². The predicted molar refractivity (Wildman–Crippen MR) is 87.3 cm³/mol. The Labute approximate surface area is 152 Å². The summed E-state index contributed by atoms with van der Waals surface area (Å²) in [6.45, 7) is -1.15. The van der Waals surface area contributed by atoms with E-state index in [-0.39, 0.29) is 5.56 Å². The van der Waals surface area contributed by atoms with Gasteiger partial charge in [0.25, 0.3) is 5.91 Å². The molecule has 1 aromatic carbocycles. The number of aliphatic carboxylic acids is 1. The van der Waals surface area contributed by atoms with Crippen molar-refractivity contribution in [3.63, 3.8) is 0 Å². The molecule has 1 aliphatic heterocycles. The van der Waals surface area contributed by atoms with E-state index in [1.165, 1.54) is 30.5 Å². The van der Waals surface area contributed by atoms with Crippen LogP contribution >= 0.6 is 0 Å². The van der Waals surface area contributed by atoms with Crippen molar-refractivity contribution in [3.05, 3.63) is 54.4 Å². The number of hydrogen-bond donors (Lipinski definition) is 1. The van der Waals surface area contributed by atoms with Gasteiger partial charge in [0.05, 0.1) is 18.0 Å². The molecule has 2 heterocycles. The lowest BCUT2D eigenvalue weighted by Gasteiger charge is -2.18. The van der Waals surface area contributed by atoms with Crippen LogP contribution in [0, 0.1) is 11.8 Å². The summed E-state index contributed by atoms with van der Waals surface area (Å²) < 4.78 is 44.7. The summed E-state index contributed by atoms with van der Waals surface area (Å²) in [5.41, 5.74) is 0.153. The highest BCUT2D eigenvalue weighted by Gasteiger charge is 2.53. The molecule has 0 unspecified atom stereocenters. The summed E-state index contributed by atoms with van der Waals surface area (Å²) in [4.78, 5) is 28.4. The van der Waals surface area contributed by atoms with Crippen LogP contribution in [0.4, 0.5) is 13.2 Å². The molecular weight excluding hydrogens is 365 g/mol. The van der Waals surface area contributed by atoms with Gasteiger partial charge >= 0.3 is 12.1 Å². The predicted octanol–water partition coefficient (Wildman–Crippen LogP) is 3.21. The molecule has 1 aliphatic rings. The van der Waals surface area contributed by atoms with Crippen LogP contribution in [0.15, 0.2) is 48.8 Å². The zero-order valence-corrected chi connectivity index (χ0v) is 13.9. The highest BCUT2D eigenvalue weighted by Crippen LogP contribution is 2.38. The lowest BCUT2D eigenvalue weighted by Crippen LogP contribution is -2.34. The maximum Gasteiger partial charge on any atom is 0.394 e. The Kier molecular flexibility index (Phi) is 5.02. The van der Waals surface area contributed by atoms with Gasteiger partial charge in [0.1, 0.15) is 11.5 Å². The van der Waals surface area contributed by atoms with Gasteiger partial charge < -0.3 is 14.7 Å². The van der Waals surface area contributed by atoms with E-state index in [1.54, 1.807) is 18.3 Å². The molecule has 0 saturated carbocycles. The van der Waals surface area contributed by atoms with Gasteiger partial charge in [-0.15, -0.1) is 0 Å². The molecule has 3 rings (SSSR count). The second-order valence-electron chi connectivity index (χ2n) is 6.12. The summed E-state index contributed by atoms with van der Waals surface area (Å²) in [6, 6.07) is 9.24. The standard InChI is InChI=1S/C18H15F3N2O4/c19-18(20,21)15-10-23(9-14(15)17(25)26)16(24)11-3-5-12(6-4-11)27-13-2-1-7-22-8-13/h1-8,14-15H,9-10H2,(H,25,26)/t14-,15-/m1/s1. The Balaban J connectivity index is 1.71. The topological polar surface area (TPSA) is 79.7 Å². The molecule has 0 bridgehead atoms. The van der Waals surface area contributed by atoms with Crippen LogP contribution in [-0.4, -0.2) is 46.1 Å². The summed E-state index contributed by atoms with van der Waals surface area (Å²) in [6.07, 6.45) is -1.59. The number of benzene rings is 1. The number of carboxylic acid groups (broad SMARTS) is 1. The highest BCUT2D eigenvalue weighted by molar-refractivity contribution is 5.95. The molecule has 2 atom stereocenters. The number of halogens is 3. The van der Waals surface area contributed by atoms with E-state index in [1.807, 2.05) is 0 Å². The van der Waals surface area contributed by atoms with Gasteiger partial charge in [-0.25, -0.2) is 0 Å². The van der Waals surface area contributed by atoms with Gasteiger partial charge in [-0.2, -0.15) is 13.2 Å². The first-order valence-corrected chi connectivity index (χ1v) is 8.02. The van der Waals surface area contributed by atoms with Crippen molar-refractivity contribution in [2.24, 2.45) is 11.8 Å². The Morgan fingerprint density at radius 2 is 1.81 bits per heavy atom. The van der Waals surface area contributed by atoms with Crippen molar-refractivity contribution in [3.8, 4) is 11.5 Å². The van der Waals surface area contributed by atoms with E-state index in [0.717, 1.165) is 4.90 Å². The zero-order valence-electron chi connectivity index (χ0n) is 13.9. The molecule has 1 amide bonds. The number of carbonyl (C=O) groups is 2. The van der Waals surface area contributed by atoms with Crippen molar-refractivity contribution in [2.75, 3.05) is 13.1 Å². The van der Waals surface area contributed by atoms with Crippen LogP contribution < -0.4 is 4.74 Å². The minimum atomic E-state index is -4.68. The van der Waals surface area contributed by atoms with E-state index in [2.05, 4.69) is 4.98 Å². The van der Waals surface area contributed by atoms with Crippen LogP contribution in [0.3, 0.4) is 0 Å². The summed E-state index contributed by atoms with van der Waals surface area (Å²) in [7, 11) is 0. The van der Waals surface area contributed by atoms with Gasteiger partial charge in [-0.05, 0) is 36.4 Å². The number of pyridine rings is 1. The van der Waals surface area contributed by atoms with Crippen LogP contribution in [0.1, 0.15) is 10.4 Å². The maximum atomic E-state index is 13.0. The van der Waals surface area contributed by atoms with Crippen LogP contribution in [0.5, 0.6) is 11.5 Å². The third-order valence-electron chi connectivity index (χ3n) is 4.32. The van der Waals surface area contributed by atoms with Crippen molar-refractivity contribution in [1.82, 2.24) is 9.88 Å². The van der Waals surface area contributed by atoms with Gasteiger partial charge in [0.15, 0.2) is 0 Å². The van der Waals surface area contributed by atoms with E-state index >= 15 is 0 Å². The molecule has 0 radical (unpaired) electrons. The quantitative estimate of drug-likeness (QED) is 0.881. The minimum absolute atomic E-state index is 0.153. The van der Waals surface area contributed by atoms with Gasteiger partial charge in [0.2, 0.25) is 0 Å². The third-order valence-corrected chi connectivity index (χ3v) is 4.32. The summed E-state index contributed by atoms with van der Waals surface area (Å²) >= 11 is 0. The first kappa shape index (κ1) is 18.7. The van der Waals surface area contributed by atoms with Crippen molar-refractivity contribution in [1.29, 1.82) is 0 Å². The number of rotatable bonds is 4. The number of amides is 1. The summed E-state index contributed by atoms with van der Waals surface area (Å²) in [5.74, 6) is -5.03. The number of carboxylic acids is 1. The lowest BCUT2D eigenvalue weighted by molar-refractivity contribution is -0.187. The Morgan fingerprint density at radius 1 is 1.11 bits per heavy atom. The fraction of sp³-hybridized carbons (Fsp3) is 0.278. The van der Waals surface area contributed by atoms with Crippen LogP contribution in [0.2, 0.25) is 0 Å². The normalized spacial score (nSPS) is 19.7. The molecule has 0 aliphatic carbocycles. The SMILES string of the molecule is O=C(O)[C@@H]1CN(C(=O)c2ccc(Oc3cccnc3)cc2)C[C@H]1C(F)(F)F. The van der Waals surface area contributed by atoms with Crippen molar-refractivity contribution >= 4 is 11.9 Å². The van der Waals surface area contributed by atoms with E-state index in [4.69, 9.17) is 9.84 Å². The van der Waals surface area contributed by atoms with E-state index in [0.29, 0.717) is 11.5 Å². The highest BCUT2D eigenvalue weighted by atomic mass is 19.4. The maximum absolute atomic E-state index is 13.0. The fourth-order valence-corrected chi connectivity index (χ4v) is 2.94. The summed E-state index contributed by atoms with van der Waals surface area (Å²) in [5, 5.41) is 9.03. The van der Waals surface area contributed by atoms with Crippen LogP contribution in [-0.2, 0) is 4.79 Å². The fourth-order valence-electron chi connectivity index (χ4n) is 2.94.